The number of halogens is 1. The van der Waals surface area contributed by atoms with Gasteiger partial charge in [-0.3, -0.25) is 4.68 Å². The van der Waals surface area contributed by atoms with E-state index in [1.807, 2.05) is 13.1 Å². The van der Waals surface area contributed by atoms with E-state index in [0.717, 1.165) is 12.2 Å². The summed E-state index contributed by atoms with van der Waals surface area (Å²) in [7, 11) is 1.82. The molecule has 1 aliphatic heterocycles. The molecule has 2 heterocycles. The summed E-state index contributed by atoms with van der Waals surface area (Å²) in [5, 5.41) is 16.8. The Labute approximate surface area is 101 Å². The highest BCUT2D eigenvalue weighted by molar-refractivity contribution is 5.85. The van der Waals surface area contributed by atoms with Gasteiger partial charge < -0.3 is 5.32 Å². The van der Waals surface area contributed by atoms with Crippen molar-refractivity contribution in [2.24, 2.45) is 12.5 Å². The molecule has 86 valence electrons. The quantitative estimate of drug-likeness (QED) is 0.807. The van der Waals surface area contributed by atoms with E-state index < -0.39 is 0 Å². The van der Waals surface area contributed by atoms with Crippen LogP contribution in [0, 0.1) is 16.7 Å². The van der Waals surface area contributed by atoms with Crippen LogP contribution >= 0.6 is 12.4 Å². The van der Waals surface area contributed by atoms with Gasteiger partial charge in [0.25, 0.3) is 0 Å². The molecule has 4 nitrogen and oxygen atoms in total. The summed E-state index contributed by atoms with van der Waals surface area (Å²) in [6, 6.07) is 4.41. The molecule has 1 saturated heterocycles. The van der Waals surface area contributed by atoms with E-state index in [-0.39, 0.29) is 12.4 Å². The maximum atomic E-state index is 8.86. The van der Waals surface area contributed by atoms with Gasteiger partial charge in [-0.05, 0) is 30.7 Å². The number of nitrogens with zero attached hydrogens (tertiary/aromatic N) is 3. The van der Waals surface area contributed by atoms with Gasteiger partial charge in [0.1, 0.15) is 11.8 Å². The van der Waals surface area contributed by atoms with Gasteiger partial charge in [0.15, 0.2) is 0 Å². The molecule has 0 amide bonds. The van der Waals surface area contributed by atoms with E-state index in [1.54, 1.807) is 4.68 Å². The Bertz CT molecular complexity index is 441. The zero-order valence-corrected chi connectivity index (χ0v) is 10.0. The number of hydrogen-bond donors (Lipinski definition) is 1. The first kappa shape index (κ1) is 11.4. The topological polar surface area (TPSA) is 53.6 Å². The van der Waals surface area contributed by atoms with Crippen LogP contribution in [0.5, 0.6) is 0 Å². The maximum absolute atomic E-state index is 8.86. The van der Waals surface area contributed by atoms with Crippen LogP contribution in [0.3, 0.4) is 0 Å². The summed E-state index contributed by atoms with van der Waals surface area (Å²) < 4.78 is 1.66. The van der Waals surface area contributed by atoms with Gasteiger partial charge in [-0.1, -0.05) is 0 Å². The number of nitriles is 1. The van der Waals surface area contributed by atoms with Crippen molar-refractivity contribution >= 4 is 12.4 Å². The van der Waals surface area contributed by atoms with E-state index in [9.17, 15) is 0 Å². The smallest absolute Gasteiger partial charge is 0.138 e. The molecule has 2 fully saturated rings. The molecule has 3 rings (SSSR count). The van der Waals surface area contributed by atoms with Crippen molar-refractivity contribution in [3.8, 4) is 6.07 Å². The summed E-state index contributed by atoms with van der Waals surface area (Å²) in [6.07, 6.45) is 3.90. The van der Waals surface area contributed by atoms with Gasteiger partial charge >= 0.3 is 0 Å². The molecule has 1 aromatic rings. The van der Waals surface area contributed by atoms with Gasteiger partial charge in [0.05, 0.1) is 11.7 Å². The Hall–Kier alpha value is -1.05. The minimum absolute atomic E-state index is 0. The van der Waals surface area contributed by atoms with Crippen molar-refractivity contribution in [3.05, 3.63) is 17.5 Å². The number of aryl methyl sites for hydroxylation is 1. The van der Waals surface area contributed by atoms with E-state index in [0.29, 0.717) is 17.2 Å². The minimum Gasteiger partial charge on any atom is -0.308 e. The van der Waals surface area contributed by atoms with Gasteiger partial charge in [0.2, 0.25) is 0 Å². The van der Waals surface area contributed by atoms with Gasteiger partial charge in [-0.25, -0.2) is 0 Å². The van der Waals surface area contributed by atoms with Gasteiger partial charge in [0, 0.05) is 13.6 Å². The van der Waals surface area contributed by atoms with Crippen LogP contribution in [0.15, 0.2) is 6.07 Å². The van der Waals surface area contributed by atoms with Crippen molar-refractivity contribution in [2.45, 2.75) is 25.3 Å². The monoisotopic (exact) mass is 238 g/mol. The molecule has 5 heteroatoms. The summed E-state index contributed by atoms with van der Waals surface area (Å²) >= 11 is 0. The molecule has 1 aromatic heterocycles. The number of aromatic nitrogens is 2. The molecule has 0 aromatic carbocycles. The van der Waals surface area contributed by atoms with Crippen molar-refractivity contribution in [1.82, 2.24) is 15.1 Å². The molecule has 1 saturated carbocycles. The molecule has 1 aliphatic carbocycles. The normalized spacial score (nSPS) is 25.1. The third-order valence-corrected chi connectivity index (χ3v) is 3.69. The Balaban J connectivity index is 0.000000963. The number of hydrogen-bond acceptors (Lipinski definition) is 3. The highest BCUT2D eigenvalue weighted by Crippen LogP contribution is 2.54. The Morgan fingerprint density at radius 3 is 2.88 bits per heavy atom. The van der Waals surface area contributed by atoms with Crippen LogP contribution in [0.4, 0.5) is 0 Å². The Morgan fingerprint density at radius 2 is 2.38 bits per heavy atom. The van der Waals surface area contributed by atoms with E-state index in [1.165, 1.54) is 19.3 Å². The third kappa shape index (κ3) is 1.70. The second-order valence-electron chi connectivity index (χ2n) is 4.83. The molecule has 1 unspecified atom stereocenters. The van der Waals surface area contributed by atoms with E-state index in [4.69, 9.17) is 5.26 Å². The Morgan fingerprint density at radius 1 is 1.62 bits per heavy atom. The molecular formula is C11H15ClN4. The van der Waals surface area contributed by atoms with Crippen LogP contribution in [0.2, 0.25) is 0 Å². The molecular weight excluding hydrogens is 224 g/mol. The number of rotatable bonds is 1. The fourth-order valence-electron chi connectivity index (χ4n) is 2.45. The van der Waals surface area contributed by atoms with E-state index in [2.05, 4.69) is 16.5 Å². The number of nitrogens with one attached hydrogen (secondary N) is 1. The first-order valence-corrected chi connectivity index (χ1v) is 5.40. The molecule has 16 heavy (non-hydrogen) atoms. The zero-order valence-electron chi connectivity index (χ0n) is 9.23. The SMILES string of the molecule is Cl.Cn1nc(C2CC3(CC3)CN2)cc1C#N. The van der Waals surface area contributed by atoms with Crippen LogP contribution < -0.4 is 5.32 Å². The summed E-state index contributed by atoms with van der Waals surface area (Å²) in [6.45, 7) is 1.12. The Kier molecular flexibility index (Phi) is 2.69. The molecule has 0 radical (unpaired) electrons. The molecule has 1 atom stereocenters. The predicted molar refractivity (Wildman–Crippen MR) is 62.2 cm³/mol. The first-order chi connectivity index (χ1) is 7.22. The lowest BCUT2D eigenvalue weighted by atomic mass is 10.0. The second kappa shape index (κ2) is 3.76. The van der Waals surface area contributed by atoms with Crippen molar-refractivity contribution in [3.63, 3.8) is 0 Å². The van der Waals surface area contributed by atoms with Crippen LogP contribution in [0.25, 0.3) is 0 Å². The van der Waals surface area contributed by atoms with Crippen LogP contribution in [0.1, 0.15) is 36.7 Å². The second-order valence-corrected chi connectivity index (χ2v) is 4.83. The van der Waals surface area contributed by atoms with Crippen LogP contribution in [-0.4, -0.2) is 16.3 Å². The standard InChI is InChI=1S/C11H14N4.ClH/c1-15-8(6-12)4-9(14-15)10-5-11(2-3-11)7-13-10;/h4,10,13H,2-3,5,7H2,1H3;1H. The van der Waals surface area contributed by atoms with Gasteiger partial charge in [-0.2, -0.15) is 10.4 Å². The average molecular weight is 239 g/mol. The largest absolute Gasteiger partial charge is 0.308 e. The molecule has 2 aliphatic rings. The zero-order chi connectivity index (χ0) is 10.5. The average Bonchev–Trinajstić information content (AvgIpc) is 2.69. The molecule has 1 spiro atoms. The lowest BCUT2D eigenvalue weighted by Gasteiger charge is -2.05. The highest BCUT2D eigenvalue weighted by atomic mass is 35.5. The highest BCUT2D eigenvalue weighted by Gasteiger charge is 2.48. The van der Waals surface area contributed by atoms with Crippen molar-refractivity contribution < 1.29 is 0 Å². The summed E-state index contributed by atoms with van der Waals surface area (Å²) in [4.78, 5) is 0. The summed E-state index contributed by atoms with van der Waals surface area (Å²) in [5.41, 5.74) is 2.25. The minimum atomic E-state index is 0. The lowest BCUT2D eigenvalue weighted by Crippen LogP contribution is -2.14. The third-order valence-electron chi connectivity index (χ3n) is 3.69. The predicted octanol–water partition coefficient (Wildman–Crippen LogP) is 1.53. The van der Waals surface area contributed by atoms with Crippen molar-refractivity contribution in [1.29, 1.82) is 5.26 Å². The first-order valence-electron chi connectivity index (χ1n) is 5.40. The van der Waals surface area contributed by atoms with Crippen molar-refractivity contribution in [2.75, 3.05) is 6.54 Å². The fraction of sp³-hybridized carbons (Fsp3) is 0.636. The van der Waals surface area contributed by atoms with E-state index >= 15 is 0 Å². The lowest BCUT2D eigenvalue weighted by molar-refractivity contribution is 0.543. The summed E-state index contributed by atoms with van der Waals surface area (Å²) in [5.74, 6) is 0. The van der Waals surface area contributed by atoms with Gasteiger partial charge in [-0.15, -0.1) is 12.4 Å². The maximum Gasteiger partial charge on any atom is 0.138 e. The molecule has 1 N–H and O–H groups in total. The molecule has 0 bridgehead atoms. The fourth-order valence-corrected chi connectivity index (χ4v) is 2.45. The van der Waals surface area contributed by atoms with Crippen LogP contribution in [-0.2, 0) is 7.05 Å².